The smallest absolute Gasteiger partial charge is 0.0799 e. The summed E-state index contributed by atoms with van der Waals surface area (Å²) < 4.78 is 0. The van der Waals surface area contributed by atoms with E-state index in [1.807, 2.05) is 0 Å². The number of hydrogen-bond donors (Lipinski definition) is 2. The predicted molar refractivity (Wildman–Crippen MR) is 39.6 cm³/mol. The van der Waals surface area contributed by atoms with E-state index in [4.69, 9.17) is 0 Å². The van der Waals surface area contributed by atoms with Crippen molar-refractivity contribution in [3.63, 3.8) is 0 Å². The summed E-state index contributed by atoms with van der Waals surface area (Å²) in [7, 11) is 0. The van der Waals surface area contributed by atoms with E-state index in [0.717, 1.165) is 25.7 Å². The van der Waals surface area contributed by atoms with Crippen LogP contribution in [0.15, 0.2) is 0 Å². The van der Waals surface area contributed by atoms with E-state index in [-0.39, 0.29) is 0 Å². The van der Waals surface area contributed by atoms with Crippen LogP contribution in [0.1, 0.15) is 32.6 Å². The molecule has 1 fully saturated rings. The molecule has 0 heterocycles. The molecule has 60 valence electrons. The van der Waals surface area contributed by atoms with Gasteiger partial charge in [-0.25, -0.2) is 0 Å². The molecule has 1 unspecified atom stereocenters. The Morgan fingerprint density at radius 3 is 1.70 bits per heavy atom. The summed E-state index contributed by atoms with van der Waals surface area (Å²) in [6, 6.07) is 0. The minimum atomic E-state index is -0.468. The van der Waals surface area contributed by atoms with Crippen LogP contribution in [0.25, 0.3) is 0 Å². The first-order chi connectivity index (χ1) is 4.70. The van der Waals surface area contributed by atoms with Crippen LogP contribution in [0.2, 0.25) is 0 Å². The van der Waals surface area contributed by atoms with Crippen LogP contribution in [0.5, 0.6) is 0 Å². The Kier molecular flexibility index (Phi) is 2.69. The lowest BCUT2D eigenvalue weighted by Crippen LogP contribution is -2.23. The zero-order valence-electron chi connectivity index (χ0n) is 6.45. The molecule has 1 aliphatic carbocycles. The lowest BCUT2D eigenvalue weighted by atomic mass is 10.0. The molecule has 0 saturated heterocycles. The fourth-order valence-electron chi connectivity index (χ4n) is 1.44. The summed E-state index contributed by atoms with van der Waals surface area (Å²) in [6.07, 6.45) is 2.70. The van der Waals surface area contributed by atoms with Gasteiger partial charge in [0.25, 0.3) is 0 Å². The van der Waals surface area contributed by atoms with Crippen molar-refractivity contribution in [2.24, 2.45) is 5.92 Å². The van der Waals surface area contributed by atoms with Crippen molar-refractivity contribution in [2.45, 2.75) is 44.8 Å². The second kappa shape index (κ2) is 3.35. The van der Waals surface area contributed by atoms with Crippen LogP contribution in [0.3, 0.4) is 0 Å². The van der Waals surface area contributed by atoms with Gasteiger partial charge >= 0.3 is 0 Å². The van der Waals surface area contributed by atoms with Crippen molar-refractivity contribution in [3.8, 4) is 0 Å². The van der Waals surface area contributed by atoms with Gasteiger partial charge in [0.05, 0.1) is 12.2 Å². The normalized spacial score (nSPS) is 42.9. The van der Waals surface area contributed by atoms with Crippen LogP contribution in [-0.4, -0.2) is 22.4 Å². The highest BCUT2D eigenvalue weighted by Gasteiger charge is 2.21. The van der Waals surface area contributed by atoms with Crippen LogP contribution in [0, 0.1) is 5.92 Å². The minimum absolute atomic E-state index is 0.468. The second-order valence-corrected chi connectivity index (χ2v) is 3.39. The van der Waals surface area contributed by atoms with Crippen LogP contribution < -0.4 is 0 Å². The van der Waals surface area contributed by atoms with Crippen LogP contribution in [-0.2, 0) is 0 Å². The van der Waals surface area contributed by atoms with Gasteiger partial charge in [0, 0.05) is 0 Å². The highest BCUT2D eigenvalue weighted by Crippen LogP contribution is 2.22. The second-order valence-electron chi connectivity index (χ2n) is 3.39. The third-order valence-corrected chi connectivity index (χ3v) is 2.35. The molecule has 1 rings (SSSR count). The zero-order valence-corrected chi connectivity index (χ0v) is 6.45. The largest absolute Gasteiger partial charge is 0.390 e. The first-order valence-corrected chi connectivity index (χ1v) is 4.06. The molecule has 2 heteroatoms. The molecule has 0 aromatic heterocycles. The Morgan fingerprint density at radius 1 is 0.900 bits per heavy atom. The molecule has 0 spiro atoms. The van der Waals surface area contributed by atoms with E-state index < -0.39 is 12.2 Å². The van der Waals surface area contributed by atoms with E-state index in [0.29, 0.717) is 5.92 Å². The Bertz CT molecular complexity index is 91.4. The van der Waals surface area contributed by atoms with Gasteiger partial charge < -0.3 is 10.2 Å². The van der Waals surface area contributed by atoms with Gasteiger partial charge in [0.2, 0.25) is 0 Å². The van der Waals surface area contributed by atoms with Gasteiger partial charge in [-0.15, -0.1) is 0 Å². The minimum Gasteiger partial charge on any atom is -0.390 e. The fraction of sp³-hybridized carbons (Fsp3) is 1.00. The lowest BCUT2D eigenvalue weighted by molar-refractivity contribution is 0.0157. The quantitative estimate of drug-likeness (QED) is 0.496. The molecule has 0 aliphatic heterocycles. The van der Waals surface area contributed by atoms with Crippen molar-refractivity contribution >= 4 is 0 Å². The summed E-state index contributed by atoms with van der Waals surface area (Å²) in [5.74, 6) is 0.673. The number of rotatable bonds is 0. The molecular weight excluding hydrogens is 128 g/mol. The summed E-state index contributed by atoms with van der Waals surface area (Å²) >= 11 is 0. The van der Waals surface area contributed by atoms with Crippen molar-refractivity contribution in [1.82, 2.24) is 0 Å². The molecule has 0 bridgehead atoms. The molecule has 0 aromatic carbocycles. The van der Waals surface area contributed by atoms with Gasteiger partial charge in [0.1, 0.15) is 0 Å². The highest BCUT2D eigenvalue weighted by molar-refractivity contribution is 4.73. The fourth-order valence-corrected chi connectivity index (χ4v) is 1.44. The Hall–Kier alpha value is -0.0800. The number of aliphatic hydroxyl groups excluding tert-OH is 2. The first kappa shape index (κ1) is 8.02. The average molecular weight is 144 g/mol. The van der Waals surface area contributed by atoms with E-state index in [9.17, 15) is 10.2 Å². The van der Waals surface area contributed by atoms with Gasteiger partial charge in [-0.2, -0.15) is 0 Å². The molecule has 0 radical (unpaired) electrons. The van der Waals surface area contributed by atoms with Crippen LogP contribution in [0.4, 0.5) is 0 Å². The average Bonchev–Trinajstić information content (AvgIpc) is 2.04. The van der Waals surface area contributed by atoms with Crippen molar-refractivity contribution in [2.75, 3.05) is 0 Å². The van der Waals surface area contributed by atoms with Gasteiger partial charge in [0.15, 0.2) is 0 Å². The summed E-state index contributed by atoms with van der Waals surface area (Å²) in [5.41, 5.74) is 0. The Labute approximate surface area is 61.9 Å². The van der Waals surface area contributed by atoms with Gasteiger partial charge in [-0.1, -0.05) is 6.92 Å². The van der Waals surface area contributed by atoms with E-state index >= 15 is 0 Å². The standard InChI is InChI=1S/C8H16O2/c1-6-2-4-7(9)8(10)5-3-6/h6-10H,2-5H2,1H3/t6-,7-,8?/m0/s1. The molecule has 2 N–H and O–H groups in total. The van der Waals surface area contributed by atoms with Crippen molar-refractivity contribution in [3.05, 3.63) is 0 Å². The predicted octanol–water partition coefficient (Wildman–Crippen LogP) is 0.918. The number of aliphatic hydroxyl groups is 2. The Balaban J connectivity index is 2.38. The van der Waals surface area contributed by atoms with E-state index in [1.54, 1.807) is 0 Å². The highest BCUT2D eigenvalue weighted by atomic mass is 16.3. The molecule has 0 aromatic rings. The van der Waals surface area contributed by atoms with Gasteiger partial charge in [-0.3, -0.25) is 0 Å². The van der Waals surface area contributed by atoms with Crippen molar-refractivity contribution in [1.29, 1.82) is 0 Å². The van der Waals surface area contributed by atoms with Crippen LogP contribution >= 0.6 is 0 Å². The van der Waals surface area contributed by atoms with Crippen molar-refractivity contribution < 1.29 is 10.2 Å². The third kappa shape index (κ3) is 1.96. The lowest BCUT2D eigenvalue weighted by Gasteiger charge is -2.12. The molecule has 1 aliphatic rings. The molecule has 2 nitrogen and oxygen atoms in total. The number of hydrogen-bond acceptors (Lipinski definition) is 2. The monoisotopic (exact) mass is 144 g/mol. The molecular formula is C8H16O2. The SMILES string of the molecule is C[C@@H]1CCC(O)[C@@H](O)CC1. The van der Waals surface area contributed by atoms with E-state index in [2.05, 4.69) is 6.92 Å². The summed E-state index contributed by atoms with van der Waals surface area (Å²) in [5, 5.41) is 18.5. The maximum Gasteiger partial charge on any atom is 0.0799 e. The first-order valence-electron chi connectivity index (χ1n) is 4.06. The molecule has 0 amide bonds. The molecule has 10 heavy (non-hydrogen) atoms. The van der Waals surface area contributed by atoms with E-state index in [1.165, 1.54) is 0 Å². The zero-order chi connectivity index (χ0) is 7.56. The molecule has 3 atom stereocenters. The third-order valence-electron chi connectivity index (χ3n) is 2.35. The molecule has 1 saturated carbocycles. The van der Waals surface area contributed by atoms with Gasteiger partial charge in [-0.05, 0) is 31.6 Å². The topological polar surface area (TPSA) is 40.5 Å². The summed E-state index contributed by atoms with van der Waals surface area (Å²) in [4.78, 5) is 0. The summed E-state index contributed by atoms with van der Waals surface area (Å²) in [6.45, 7) is 2.17. The maximum atomic E-state index is 9.23. The maximum absolute atomic E-state index is 9.23. The Morgan fingerprint density at radius 2 is 1.30 bits per heavy atom.